The Hall–Kier alpha value is -2.04. The van der Waals surface area contributed by atoms with Gasteiger partial charge in [0.25, 0.3) is 0 Å². The van der Waals surface area contributed by atoms with Gasteiger partial charge in [0.1, 0.15) is 6.54 Å². The zero-order valence-corrected chi connectivity index (χ0v) is 14.7. The van der Waals surface area contributed by atoms with E-state index in [9.17, 15) is 9.59 Å². The van der Waals surface area contributed by atoms with Crippen LogP contribution in [0.3, 0.4) is 0 Å². The Morgan fingerprint density at radius 1 is 1.04 bits per heavy atom. The molecule has 0 atom stereocenters. The first-order valence-electron chi connectivity index (χ1n) is 8.37. The third-order valence-electron chi connectivity index (χ3n) is 4.07. The number of rotatable bonds is 6. The van der Waals surface area contributed by atoms with Gasteiger partial charge in [-0.25, -0.2) is 4.79 Å². The summed E-state index contributed by atoms with van der Waals surface area (Å²) in [5.41, 5.74) is 1.62. The maximum absolute atomic E-state index is 12.7. The number of aromatic nitrogens is 2. The van der Waals surface area contributed by atoms with Crippen LogP contribution in [0.1, 0.15) is 41.0 Å². The average molecular weight is 317 g/mol. The molecule has 126 valence electrons. The van der Waals surface area contributed by atoms with Crippen molar-refractivity contribution in [2.75, 3.05) is 0 Å². The van der Waals surface area contributed by atoms with Gasteiger partial charge in [0.05, 0.1) is 11.0 Å². The number of fused-ring (bicyclic) bond motifs is 1. The zero-order valence-electron chi connectivity index (χ0n) is 14.7. The highest BCUT2D eigenvalue weighted by Crippen LogP contribution is 2.14. The van der Waals surface area contributed by atoms with E-state index in [1.807, 2.05) is 63.8 Å². The molecule has 0 spiro atoms. The van der Waals surface area contributed by atoms with Crippen molar-refractivity contribution in [3.63, 3.8) is 0 Å². The highest BCUT2D eigenvalue weighted by Gasteiger charge is 2.22. The Labute approximate surface area is 137 Å². The summed E-state index contributed by atoms with van der Waals surface area (Å²) >= 11 is 0. The van der Waals surface area contributed by atoms with E-state index >= 15 is 0 Å². The number of hydrogen-bond acceptors (Lipinski definition) is 2. The highest BCUT2D eigenvalue weighted by molar-refractivity contribution is 5.81. The molecule has 1 amide bonds. The van der Waals surface area contributed by atoms with Gasteiger partial charge in [-0.3, -0.25) is 13.9 Å². The molecule has 2 aromatic rings. The van der Waals surface area contributed by atoms with Gasteiger partial charge in [0.15, 0.2) is 0 Å². The molecule has 0 unspecified atom stereocenters. The van der Waals surface area contributed by atoms with Crippen molar-refractivity contribution < 1.29 is 4.79 Å². The van der Waals surface area contributed by atoms with E-state index in [1.165, 1.54) is 0 Å². The number of imidazole rings is 1. The lowest BCUT2D eigenvalue weighted by atomic mass is 10.2. The molecule has 0 aliphatic heterocycles. The Balaban J connectivity index is 2.46. The number of carbonyl (C=O) groups excluding carboxylic acids is 1. The first-order valence-corrected chi connectivity index (χ1v) is 8.37. The Morgan fingerprint density at radius 3 is 2.04 bits per heavy atom. The Morgan fingerprint density at radius 2 is 1.57 bits per heavy atom. The molecular formula is C18H27N3O2. The third kappa shape index (κ3) is 3.33. The van der Waals surface area contributed by atoms with Crippen LogP contribution < -0.4 is 5.69 Å². The van der Waals surface area contributed by atoms with Gasteiger partial charge in [0, 0.05) is 18.6 Å². The summed E-state index contributed by atoms with van der Waals surface area (Å²) in [6.07, 6.45) is 0.881. The summed E-state index contributed by atoms with van der Waals surface area (Å²) < 4.78 is 3.36. The summed E-state index contributed by atoms with van der Waals surface area (Å²) in [5, 5.41) is 0. The number of para-hydroxylation sites is 2. The van der Waals surface area contributed by atoms with Crippen LogP contribution in [0.4, 0.5) is 0 Å². The maximum atomic E-state index is 12.7. The minimum atomic E-state index is -0.103. The predicted molar refractivity (Wildman–Crippen MR) is 93.6 cm³/mol. The fraction of sp³-hybridized carbons (Fsp3) is 0.556. The summed E-state index contributed by atoms with van der Waals surface area (Å²) in [4.78, 5) is 27.3. The van der Waals surface area contributed by atoms with Gasteiger partial charge in [0.2, 0.25) is 5.91 Å². The van der Waals surface area contributed by atoms with Crippen LogP contribution in [-0.2, 0) is 17.9 Å². The molecule has 0 N–H and O–H groups in total. The number of carbonyl (C=O) groups is 1. The van der Waals surface area contributed by atoms with Gasteiger partial charge in [-0.1, -0.05) is 19.1 Å². The van der Waals surface area contributed by atoms with Crippen LogP contribution in [-0.4, -0.2) is 32.0 Å². The van der Waals surface area contributed by atoms with Crippen molar-refractivity contribution in [3.8, 4) is 0 Å². The van der Waals surface area contributed by atoms with Gasteiger partial charge >= 0.3 is 5.69 Å². The van der Waals surface area contributed by atoms with E-state index in [1.54, 1.807) is 9.13 Å². The third-order valence-corrected chi connectivity index (χ3v) is 4.07. The molecule has 0 bridgehead atoms. The number of aryl methyl sites for hydroxylation is 1. The van der Waals surface area contributed by atoms with Crippen LogP contribution in [0, 0.1) is 0 Å². The van der Waals surface area contributed by atoms with Crippen molar-refractivity contribution in [1.29, 1.82) is 0 Å². The largest absolute Gasteiger partial charge is 0.336 e. The monoisotopic (exact) mass is 317 g/mol. The lowest BCUT2D eigenvalue weighted by Crippen LogP contribution is -2.44. The van der Waals surface area contributed by atoms with Gasteiger partial charge in [-0.2, -0.15) is 0 Å². The normalized spacial score (nSPS) is 11.6. The van der Waals surface area contributed by atoms with Gasteiger partial charge in [-0.05, 0) is 46.2 Å². The van der Waals surface area contributed by atoms with E-state index in [4.69, 9.17) is 0 Å². The molecule has 0 aliphatic rings. The molecule has 5 nitrogen and oxygen atoms in total. The zero-order chi connectivity index (χ0) is 17.1. The van der Waals surface area contributed by atoms with Crippen molar-refractivity contribution in [1.82, 2.24) is 14.0 Å². The fourth-order valence-electron chi connectivity index (χ4n) is 3.25. The number of amides is 1. The summed E-state index contributed by atoms with van der Waals surface area (Å²) in [5.74, 6) is -0.0171. The molecule has 5 heteroatoms. The van der Waals surface area contributed by atoms with Gasteiger partial charge < -0.3 is 4.90 Å². The lowest BCUT2D eigenvalue weighted by molar-refractivity contribution is -0.135. The SMILES string of the molecule is CCCn1c(=O)n(CC(=O)N(C(C)C)C(C)C)c2ccccc21. The molecule has 0 fully saturated rings. The first kappa shape index (κ1) is 17.3. The van der Waals surface area contributed by atoms with Crippen molar-refractivity contribution in [2.45, 2.75) is 66.2 Å². The summed E-state index contributed by atoms with van der Waals surface area (Å²) in [6, 6.07) is 7.90. The summed E-state index contributed by atoms with van der Waals surface area (Å²) in [7, 11) is 0. The first-order chi connectivity index (χ1) is 10.9. The molecular weight excluding hydrogens is 290 g/mol. The molecule has 1 heterocycles. The summed E-state index contributed by atoms with van der Waals surface area (Å²) in [6.45, 7) is 10.8. The number of nitrogens with zero attached hydrogens (tertiary/aromatic N) is 3. The van der Waals surface area contributed by atoms with Crippen molar-refractivity contribution in [3.05, 3.63) is 34.7 Å². The second kappa shape index (κ2) is 7.02. The van der Waals surface area contributed by atoms with Gasteiger partial charge in [-0.15, -0.1) is 0 Å². The standard InChI is InChI=1S/C18H27N3O2/c1-6-11-19-15-9-7-8-10-16(15)20(18(19)23)12-17(22)21(13(2)3)14(4)5/h7-10,13-14H,6,11-12H2,1-5H3. The molecule has 0 saturated carbocycles. The number of hydrogen-bond donors (Lipinski definition) is 0. The lowest BCUT2D eigenvalue weighted by Gasteiger charge is -2.30. The quantitative estimate of drug-likeness (QED) is 0.822. The topological polar surface area (TPSA) is 47.2 Å². The molecule has 1 aromatic carbocycles. The maximum Gasteiger partial charge on any atom is 0.329 e. The molecule has 0 radical (unpaired) electrons. The van der Waals surface area contributed by atoms with Crippen LogP contribution in [0.25, 0.3) is 11.0 Å². The van der Waals surface area contributed by atoms with Crippen LogP contribution >= 0.6 is 0 Å². The molecule has 0 aliphatic carbocycles. The molecule has 2 rings (SSSR count). The molecule has 23 heavy (non-hydrogen) atoms. The molecule has 0 saturated heterocycles. The Bertz CT molecular complexity index is 732. The van der Waals surface area contributed by atoms with Crippen LogP contribution in [0.15, 0.2) is 29.1 Å². The van der Waals surface area contributed by atoms with E-state index in [-0.39, 0.29) is 30.2 Å². The predicted octanol–water partition coefficient (Wildman–Crippen LogP) is 2.86. The van der Waals surface area contributed by atoms with E-state index < -0.39 is 0 Å². The van der Waals surface area contributed by atoms with Crippen LogP contribution in [0.5, 0.6) is 0 Å². The fourth-order valence-corrected chi connectivity index (χ4v) is 3.25. The minimum Gasteiger partial charge on any atom is -0.336 e. The van der Waals surface area contributed by atoms with Crippen LogP contribution in [0.2, 0.25) is 0 Å². The number of benzene rings is 1. The van der Waals surface area contributed by atoms with E-state index in [2.05, 4.69) is 0 Å². The molecule has 1 aromatic heterocycles. The van der Waals surface area contributed by atoms with E-state index in [0.717, 1.165) is 17.5 Å². The average Bonchev–Trinajstić information content (AvgIpc) is 2.73. The van der Waals surface area contributed by atoms with Crippen molar-refractivity contribution >= 4 is 16.9 Å². The highest BCUT2D eigenvalue weighted by atomic mass is 16.2. The smallest absolute Gasteiger partial charge is 0.329 e. The second-order valence-electron chi connectivity index (χ2n) is 6.50. The minimum absolute atomic E-state index is 0.0171. The van der Waals surface area contributed by atoms with Crippen molar-refractivity contribution in [2.24, 2.45) is 0 Å². The Kier molecular flexibility index (Phi) is 5.29. The second-order valence-corrected chi connectivity index (χ2v) is 6.50. The van der Waals surface area contributed by atoms with E-state index in [0.29, 0.717) is 6.54 Å².